The Morgan fingerprint density at radius 3 is 2.47 bits per heavy atom. The average molecular weight is 255 g/mol. The van der Waals surface area contributed by atoms with Crippen molar-refractivity contribution < 1.29 is 9.53 Å². The lowest BCUT2D eigenvalue weighted by Crippen LogP contribution is -2.13. The van der Waals surface area contributed by atoms with Crippen molar-refractivity contribution in [3.63, 3.8) is 0 Å². The number of methoxy groups -OCH3 is 1. The quantitative estimate of drug-likeness (QED) is 0.696. The normalized spacial score (nSPS) is 12.4. The number of hydrogen-bond acceptors (Lipinski definition) is 2. The maximum Gasteiger partial charge on any atom is 0.165 e. The largest absolute Gasteiger partial charge is 0.369 e. The molecule has 1 aromatic carbocycles. The Bertz CT molecular complexity index is 346. The molecule has 0 aliphatic carbocycles. The zero-order valence-electron chi connectivity index (χ0n) is 10.4. The first-order valence-electron chi connectivity index (χ1n) is 5.93. The van der Waals surface area contributed by atoms with Gasteiger partial charge in [0.25, 0.3) is 0 Å². The van der Waals surface area contributed by atoms with Crippen molar-refractivity contribution in [2.45, 2.75) is 32.3 Å². The fraction of sp³-hybridized carbons (Fsp3) is 0.500. The second-order valence-electron chi connectivity index (χ2n) is 3.97. The van der Waals surface area contributed by atoms with Crippen LogP contribution in [0.3, 0.4) is 0 Å². The van der Waals surface area contributed by atoms with E-state index >= 15 is 0 Å². The molecule has 1 rings (SSSR count). The van der Waals surface area contributed by atoms with Crippen LogP contribution >= 0.6 is 11.6 Å². The zero-order chi connectivity index (χ0) is 12.7. The van der Waals surface area contributed by atoms with E-state index in [1.165, 1.54) is 5.56 Å². The van der Waals surface area contributed by atoms with Crippen molar-refractivity contribution in [3.05, 3.63) is 35.4 Å². The Hall–Kier alpha value is -0.860. The highest BCUT2D eigenvalue weighted by molar-refractivity contribution is 6.17. The van der Waals surface area contributed by atoms with E-state index < -0.39 is 6.10 Å². The molecule has 1 unspecified atom stereocenters. The molecule has 0 saturated carbocycles. The molecule has 0 bridgehead atoms. The van der Waals surface area contributed by atoms with Gasteiger partial charge in [0.2, 0.25) is 0 Å². The smallest absolute Gasteiger partial charge is 0.165 e. The highest BCUT2D eigenvalue weighted by atomic mass is 35.5. The third-order valence-electron chi connectivity index (χ3n) is 2.76. The second kappa shape index (κ2) is 7.46. The first-order chi connectivity index (χ1) is 8.22. The number of ether oxygens (including phenoxy) is 1. The van der Waals surface area contributed by atoms with Gasteiger partial charge in [-0.1, -0.05) is 31.2 Å². The summed E-state index contributed by atoms with van der Waals surface area (Å²) in [4.78, 5) is 11.7. The summed E-state index contributed by atoms with van der Waals surface area (Å²) < 4.78 is 5.24. The zero-order valence-corrected chi connectivity index (χ0v) is 11.2. The van der Waals surface area contributed by atoms with Crippen LogP contribution in [0.2, 0.25) is 0 Å². The van der Waals surface area contributed by atoms with E-state index in [2.05, 4.69) is 0 Å². The molecule has 0 radical (unpaired) electrons. The van der Waals surface area contributed by atoms with Gasteiger partial charge in [0, 0.05) is 19.4 Å². The van der Waals surface area contributed by atoms with E-state index in [0.29, 0.717) is 12.3 Å². The van der Waals surface area contributed by atoms with E-state index in [1.807, 2.05) is 31.2 Å². The van der Waals surface area contributed by atoms with E-state index in [1.54, 1.807) is 7.11 Å². The van der Waals surface area contributed by atoms with Gasteiger partial charge in [-0.3, -0.25) is 4.79 Å². The third kappa shape index (κ3) is 4.14. The average Bonchev–Trinajstić information content (AvgIpc) is 2.38. The Labute approximate surface area is 108 Å². The van der Waals surface area contributed by atoms with Gasteiger partial charge in [-0.25, -0.2) is 0 Å². The summed E-state index contributed by atoms with van der Waals surface area (Å²) in [6.45, 7) is 1.85. The summed E-state index contributed by atoms with van der Waals surface area (Å²) in [6.07, 6.45) is 2.01. The predicted molar refractivity (Wildman–Crippen MR) is 70.5 cm³/mol. The molecule has 0 fully saturated rings. The number of hydrogen-bond donors (Lipinski definition) is 0. The molecule has 0 saturated heterocycles. The summed E-state index contributed by atoms with van der Waals surface area (Å²) in [5.41, 5.74) is 2.17. The number of benzene rings is 1. The molecule has 0 spiro atoms. The number of Topliss-reactive ketones (excluding diaryl/α,β-unsaturated/α-hetero) is 1. The van der Waals surface area contributed by atoms with Crippen molar-refractivity contribution >= 4 is 17.4 Å². The molecule has 1 atom stereocenters. The van der Waals surface area contributed by atoms with E-state index in [0.717, 1.165) is 18.4 Å². The maximum absolute atomic E-state index is 11.7. The number of carbonyl (C=O) groups is 1. The lowest BCUT2D eigenvalue weighted by Gasteiger charge is -2.14. The summed E-state index contributed by atoms with van der Waals surface area (Å²) in [5.74, 6) is 0.789. The van der Waals surface area contributed by atoms with Crippen LogP contribution in [0.25, 0.3) is 0 Å². The van der Waals surface area contributed by atoms with Crippen molar-refractivity contribution in [2.24, 2.45) is 0 Å². The Balaban J connectivity index is 2.74. The monoisotopic (exact) mass is 254 g/mol. The van der Waals surface area contributed by atoms with Gasteiger partial charge < -0.3 is 4.74 Å². The van der Waals surface area contributed by atoms with Crippen LogP contribution in [0.4, 0.5) is 0 Å². The molecule has 0 aliphatic rings. The van der Waals surface area contributed by atoms with Gasteiger partial charge in [-0.2, -0.15) is 0 Å². The number of rotatable bonds is 7. The van der Waals surface area contributed by atoms with Gasteiger partial charge in [0.15, 0.2) is 5.78 Å². The maximum atomic E-state index is 11.7. The lowest BCUT2D eigenvalue weighted by molar-refractivity contribution is -0.128. The number of ketones is 1. The third-order valence-corrected chi connectivity index (χ3v) is 3.03. The lowest BCUT2D eigenvalue weighted by atomic mass is 10.0. The SMILES string of the molecule is CCC(=O)C(OC)c1ccc(CCCCl)cc1. The Morgan fingerprint density at radius 1 is 1.35 bits per heavy atom. The molecule has 94 valence electrons. The van der Waals surface area contributed by atoms with Crippen LogP contribution in [0.1, 0.15) is 37.0 Å². The van der Waals surface area contributed by atoms with Crippen molar-refractivity contribution in [1.82, 2.24) is 0 Å². The van der Waals surface area contributed by atoms with Gasteiger partial charge >= 0.3 is 0 Å². The summed E-state index contributed by atoms with van der Waals surface area (Å²) in [7, 11) is 1.57. The van der Waals surface area contributed by atoms with Crippen LogP contribution in [-0.4, -0.2) is 18.8 Å². The molecule has 3 heteroatoms. The van der Waals surface area contributed by atoms with Crippen LogP contribution in [0.15, 0.2) is 24.3 Å². The van der Waals surface area contributed by atoms with Crippen molar-refractivity contribution in [3.8, 4) is 0 Å². The van der Waals surface area contributed by atoms with Crippen LogP contribution < -0.4 is 0 Å². The molecule has 0 heterocycles. The fourth-order valence-corrected chi connectivity index (χ4v) is 1.90. The van der Waals surface area contributed by atoms with Crippen molar-refractivity contribution in [1.29, 1.82) is 0 Å². The molecule has 0 amide bonds. The Morgan fingerprint density at radius 2 is 2.00 bits per heavy atom. The molecule has 0 N–H and O–H groups in total. The highest BCUT2D eigenvalue weighted by Gasteiger charge is 2.17. The fourth-order valence-electron chi connectivity index (χ4n) is 1.77. The molecular formula is C14H19ClO2. The number of alkyl halides is 1. The number of aryl methyl sites for hydroxylation is 1. The molecule has 17 heavy (non-hydrogen) atoms. The molecule has 2 nitrogen and oxygen atoms in total. The highest BCUT2D eigenvalue weighted by Crippen LogP contribution is 2.20. The first kappa shape index (κ1) is 14.2. The summed E-state index contributed by atoms with van der Waals surface area (Å²) in [6, 6.07) is 8.00. The standard InChI is InChI=1S/C14H19ClO2/c1-3-13(16)14(17-2)12-8-6-11(7-9-12)5-4-10-15/h6-9,14H,3-5,10H2,1-2H3. The predicted octanol–water partition coefficient (Wildman–Crippen LogP) is 3.52. The Kier molecular flexibility index (Phi) is 6.23. The topological polar surface area (TPSA) is 26.3 Å². The minimum atomic E-state index is -0.429. The number of halogens is 1. The van der Waals surface area contributed by atoms with E-state index in [4.69, 9.17) is 16.3 Å². The minimum Gasteiger partial charge on any atom is -0.369 e. The van der Waals surface area contributed by atoms with Crippen LogP contribution in [0, 0.1) is 0 Å². The van der Waals surface area contributed by atoms with Gasteiger partial charge in [0.1, 0.15) is 6.10 Å². The van der Waals surface area contributed by atoms with Crippen LogP contribution in [0.5, 0.6) is 0 Å². The van der Waals surface area contributed by atoms with Gasteiger partial charge in [-0.15, -0.1) is 11.6 Å². The minimum absolute atomic E-state index is 0.112. The summed E-state index contributed by atoms with van der Waals surface area (Å²) >= 11 is 5.65. The van der Waals surface area contributed by atoms with E-state index in [9.17, 15) is 4.79 Å². The van der Waals surface area contributed by atoms with Crippen LogP contribution in [-0.2, 0) is 16.0 Å². The first-order valence-corrected chi connectivity index (χ1v) is 6.46. The molecule has 0 aliphatic heterocycles. The number of carbonyl (C=O) groups excluding carboxylic acids is 1. The summed E-state index contributed by atoms with van der Waals surface area (Å²) in [5, 5.41) is 0. The molecule has 0 aromatic heterocycles. The molecular weight excluding hydrogens is 236 g/mol. The molecule has 1 aromatic rings. The van der Waals surface area contributed by atoms with Gasteiger partial charge in [0.05, 0.1) is 0 Å². The van der Waals surface area contributed by atoms with Gasteiger partial charge in [-0.05, 0) is 24.0 Å². The second-order valence-corrected chi connectivity index (χ2v) is 4.35. The van der Waals surface area contributed by atoms with Crippen molar-refractivity contribution in [2.75, 3.05) is 13.0 Å². The van der Waals surface area contributed by atoms with E-state index in [-0.39, 0.29) is 5.78 Å².